The molecule has 6 heteroatoms. The molecule has 0 fully saturated rings. The molecule has 4 rings (SSSR count). The number of allylic oxidation sites excluding steroid dienone is 3. The molecule has 36 heavy (non-hydrogen) atoms. The minimum absolute atomic E-state index is 0.204. The molecule has 1 aliphatic carbocycles. The number of hydrogen-bond acceptors (Lipinski definition) is 5. The van der Waals surface area contributed by atoms with Crippen molar-refractivity contribution in [2.75, 3.05) is 5.75 Å². The Balaban J connectivity index is 1.75. The Bertz CT molecular complexity index is 1150. The minimum Gasteiger partial charge on any atom is -0.480 e. The zero-order chi connectivity index (χ0) is 25.6. The Morgan fingerprint density at radius 2 is 1.31 bits per heavy atom. The molecule has 0 aromatic heterocycles. The molecule has 0 saturated heterocycles. The molecule has 0 aliphatic heterocycles. The number of ketones is 1. The predicted molar refractivity (Wildman–Crippen MR) is 146 cm³/mol. The topological polar surface area (TPSA) is 106 Å². The molecule has 0 radical (unpaired) electrons. The lowest BCUT2D eigenvalue weighted by Crippen LogP contribution is -2.56. The van der Waals surface area contributed by atoms with Crippen molar-refractivity contribution >= 4 is 23.5 Å². The SMILES string of the molecule is N[C@@H](CSC(c1ccccc1)(c1ccccc1)c1ccccc1)C(=O)C1([C@@H](N)C(=O)O)C=CC=CC1. The Labute approximate surface area is 215 Å². The summed E-state index contributed by atoms with van der Waals surface area (Å²) in [4.78, 5) is 25.5. The van der Waals surface area contributed by atoms with E-state index in [1.165, 1.54) is 0 Å². The van der Waals surface area contributed by atoms with Gasteiger partial charge in [-0.1, -0.05) is 115 Å². The Morgan fingerprint density at radius 3 is 1.69 bits per heavy atom. The van der Waals surface area contributed by atoms with Crippen LogP contribution in [0.15, 0.2) is 115 Å². The molecular weight excluding hydrogens is 468 g/mol. The molecule has 3 atom stereocenters. The number of nitrogens with two attached hydrogens (primary N) is 2. The first kappa shape index (κ1) is 25.6. The summed E-state index contributed by atoms with van der Waals surface area (Å²) in [6.45, 7) is 0. The number of thioether (sulfide) groups is 1. The molecule has 3 aromatic carbocycles. The van der Waals surface area contributed by atoms with E-state index in [-0.39, 0.29) is 18.0 Å². The number of carboxylic acid groups (broad SMARTS) is 1. The lowest BCUT2D eigenvalue weighted by atomic mass is 9.70. The third-order valence-electron chi connectivity index (χ3n) is 6.73. The van der Waals surface area contributed by atoms with Crippen LogP contribution in [0.25, 0.3) is 0 Å². The molecule has 1 aliphatic rings. The normalized spacial score (nSPS) is 18.9. The van der Waals surface area contributed by atoms with Crippen LogP contribution in [-0.4, -0.2) is 34.7 Å². The lowest BCUT2D eigenvalue weighted by molar-refractivity contribution is -0.145. The van der Waals surface area contributed by atoms with Gasteiger partial charge >= 0.3 is 5.97 Å². The van der Waals surface area contributed by atoms with Gasteiger partial charge in [-0.15, -0.1) is 11.8 Å². The monoisotopic (exact) mass is 498 g/mol. The number of Topliss-reactive ketones (excluding diaryl/α,β-unsaturated/α-hetero) is 1. The number of rotatable bonds is 10. The molecule has 1 unspecified atom stereocenters. The number of carboxylic acids is 1. The van der Waals surface area contributed by atoms with E-state index in [1.807, 2.05) is 54.6 Å². The molecule has 5 N–H and O–H groups in total. The molecule has 0 bridgehead atoms. The maximum absolute atomic E-state index is 13.7. The summed E-state index contributed by atoms with van der Waals surface area (Å²) in [6.07, 6.45) is 7.02. The van der Waals surface area contributed by atoms with Gasteiger partial charge in [0.1, 0.15) is 6.04 Å². The zero-order valence-electron chi connectivity index (χ0n) is 19.9. The fourth-order valence-electron chi connectivity index (χ4n) is 4.83. The molecule has 0 heterocycles. The summed E-state index contributed by atoms with van der Waals surface area (Å²) in [5, 5.41) is 9.65. The third kappa shape index (κ3) is 4.80. The van der Waals surface area contributed by atoms with Crippen LogP contribution in [0.5, 0.6) is 0 Å². The van der Waals surface area contributed by atoms with Gasteiger partial charge in [-0.2, -0.15) is 0 Å². The summed E-state index contributed by atoms with van der Waals surface area (Å²) < 4.78 is -0.633. The van der Waals surface area contributed by atoms with Crippen molar-refractivity contribution in [3.05, 3.63) is 132 Å². The van der Waals surface area contributed by atoms with Gasteiger partial charge in [-0.05, 0) is 23.1 Å². The average Bonchev–Trinajstić information content (AvgIpc) is 2.94. The van der Waals surface area contributed by atoms with E-state index < -0.39 is 28.2 Å². The van der Waals surface area contributed by atoms with Gasteiger partial charge in [0.05, 0.1) is 16.2 Å². The van der Waals surface area contributed by atoms with E-state index in [1.54, 1.807) is 36.1 Å². The fraction of sp³-hybridized carbons (Fsp3) is 0.200. The van der Waals surface area contributed by atoms with Crippen LogP contribution in [-0.2, 0) is 14.3 Å². The number of carbonyl (C=O) groups is 2. The van der Waals surface area contributed by atoms with Crippen molar-refractivity contribution < 1.29 is 14.7 Å². The van der Waals surface area contributed by atoms with Crippen molar-refractivity contribution in [3.63, 3.8) is 0 Å². The van der Waals surface area contributed by atoms with Crippen LogP contribution in [0.2, 0.25) is 0 Å². The van der Waals surface area contributed by atoms with Gasteiger partial charge in [0, 0.05) is 5.75 Å². The van der Waals surface area contributed by atoms with Gasteiger partial charge in [0.25, 0.3) is 0 Å². The molecule has 3 aromatic rings. The molecule has 184 valence electrons. The smallest absolute Gasteiger partial charge is 0.321 e. The quantitative estimate of drug-likeness (QED) is 0.355. The Morgan fingerprint density at radius 1 is 0.833 bits per heavy atom. The molecule has 0 amide bonds. The highest BCUT2D eigenvalue weighted by molar-refractivity contribution is 8.00. The van der Waals surface area contributed by atoms with Gasteiger partial charge in [0.2, 0.25) is 0 Å². The Hall–Kier alpha value is -3.45. The molecule has 5 nitrogen and oxygen atoms in total. The minimum atomic E-state index is -1.38. The van der Waals surface area contributed by atoms with Crippen LogP contribution in [0.1, 0.15) is 23.1 Å². The summed E-state index contributed by atoms with van der Waals surface area (Å²) >= 11 is 1.57. The van der Waals surface area contributed by atoms with E-state index in [9.17, 15) is 14.7 Å². The number of benzene rings is 3. The second kappa shape index (κ2) is 11.1. The van der Waals surface area contributed by atoms with E-state index >= 15 is 0 Å². The van der Waals surface area contributed by atoms with Crippen molar-refractivity contribution in [3.8, 4) is 0 Å². The lowest BCUT2D eigenvalue weighted by Gasteiger charge is -2.38. The predicted octanol–water partition coefficient (Wildman–Crippen LogP) is 4.52. The van der Waals surface area contributed by atoms with Crippen LogP contribution in [0.3, 0.4) is 0 Å². The van der Waals surface area contributed by atoms with Crippen LogP contribution >= 0.6 is 11.8 Å². The van der Waals surface area contributed by atoms with Crippen molar-refractivity contribution in [1.29, 1.82) is 0 Å². The van der Waals surface area contributed by atoms with E-state index in [2.05, 4.69) is 36.4 Å². The van der Waals surface area contributed by atoms with Crippen LogP contribution in [0.4, 0.5) is 0 Å². The highest BCUT2D eigenvalue weighted by atomic mass is 32.2. The van der Waals surface area contributed by atoms with Crippen molar-refractivity contribution in [2.24, 2.45) is 16.9 Å². The van der Waals surface area contributed by atoms with E-state index in [4.69, 9.17) is 11.5 Å². The largest absolute Gasteiger partial charge is 0.480 e. The first-order valence-corrected chi connectivity index (χ1v) is 12.8. The number of carbonyl (C=O) groups excluding carboxylic acids is 1. The highest BCUT2D eigenvalue weighted by Crippen LogP contribution is 2.49. The maximum Gasteiger partial charge on any atom is 0.321 e. The highest BCUT2D eigenvalue weighted by Gasteiger charge is 2.47. The van der Waals surface area contributed by atoms with Gasteiger partial charge in [-0.25, -0.2) is 0 Å². The first-order valence-electron chi connectivity index (χ1n) is 11.8. The van der Waals surface area contributed by atoms with E-state index in [0.717, 1.165) is 16.7 Å². The van der Waals surface area contributed by atoms with Gasteiger partial charge < -0.3 is 16.6 Å². The summed E-state index contributed by atoms with van der Waals surface area (Å²) in [5.74, 6) is -1.33. The van der Waals surface area contributed by atoms with Crippen LogP contribution < -0.4 is 11.5 Å². The maximum atomic E-state index is 13.7. The van der Waals surface area contributed by atoms with Gasteiger partial charge in [0.15, 0.2) is 5.78 Å². The first-order chi connectivity index (χ1) is 17.4. The molecule has 0 spiro atoms. The number of aliphatic carboxylic acids is 1. The Kier molecular flexibility index (Phi) is 7.89. The fourth-order valence-corrected chi connectivity index (χ4v) is 6.32. The average molecular weight is 499 g/mol. The molecule has 0 saturated carbocycles. The summed E-state index contributed by atoms with van der Waals surface area (Å²) in [5.41, 5.74) is 14.4. The zero-order valence-corrected chi connectivity index (χ0v) is 20.7. The standard InChI is InChI=1S/C30H30N2O3S/c31-25(27(33)29(26(32)28(34)35)19-11-4-12-20-29)21-36-30(22-13-5-1-6-14-22,23-15-7-2-8-16-23)24-17-9-3-10-18-24/h1-19,25-26H,20-21,31-32H2,(H,34,35)/t25-,26-,29?/m0/s1. The third-order valence-corrected chi connectivity index (χ3v) is 8.40. The molecular formula is C30H30N2O3S. The second-order valence-corrected chi connectivity index (χ2v) is 10.1. The summed E-state index contributed by atoms with van der Waals surface area (Å²) in [7, 11) is 0. The second-order valence-electron chi connectivity index (χ2n) is 8.91. The summed E-state index contributed by atoms with van der Waals surface area (Å²) in [6, 6.07) is 28.1. The van der Waals surface area contributed by atoms with Crippen LogP contribution in [0, 0.1) is 5.41 Å². The van der Waals surface area contributed by atoms with Gasteiger partial charge in [-0.3, -0.25) is 9.59 Å². The number of hydrogen-bond donors (Lipinski definition) is 3. The van der Waals surface area contributed by atoms with Crippen molar-refractivity contribution in [2.45, 2.75) is 23.3 Å². The van der Waals surface area contributed by atoms with Crippen molar-refractivity contribution in [1.82, 2.24) is 0 Å². The van der Waals surface area contributed by atoms with E-state index in [0.29, 0.717) is 0 Å².